The van der Waals surface area contributed by atoms with Crippen LogP contribution in [0.15, 0.2) is 40.2 Å². The van der Waals surface area contributed by atoms with Crippen molar-refractivity contribution in [3.8, 4) is 0 Å². The van der Waals surface area contributed by atoms with E-state index in [9.17, 15) is 0 Å². The topological polar surface area (TPSA) is 24.9 Å². The van der Waals surface area contributed by atoms with E-state index in [0.29, 0.717) is 6.04 Å². The van der Waals surface area contributed by atoms with E-state index in [4.69, 9.17) is 0 Å². The van der Waals surface area contributed by atoms with Crippen LogP contribution in [0.2, 0.25) is 0 Å². The molecule has 4 heteroatoms. The van der Waals surface area contributed by atoms with E-state index in [2.05, 4.69) is 41.5 Å². The highest BCUT2D eigenvalue weighted by molar-refractivity contribution is 8.01. The minimum atomic E-state index is 0.379. The van der Waals surface area contributed by atoms with E-state index in [1.165, 1.54) is 24.0 Å². The molecule has 0 amide bonds. The van der Waals surface area contributed by atoms with Gasteiger partial charge >= 0.3 is 0 Å². The van der Waals surface area contributed by atoms with Crippen molar-refractivity contribution in [2.24, 2.45) is 0 Å². The van der Waals surface area contributed by atoms with E-state index >= 15 is 0 Å². The van der Waals surface area contributed by atoms with Gasteiger partial charge in [-0.2, -0.15) is 0 Å². The third kappa shape index (κ3) is 4.34. The standard InChI is InChI=1S/C15H20N2S2/c1-3-4-12-5-7-13(8-6-12)14(16-2)11-19-15-17-9-10-18-15/h5-10,14,16H,3-4,11H2,1-2H3. The van der Waals surface area contributed by atoms with Gasteiger partial charge < -0.3 is 5.32 Å². The molecule has 2 rings (SSSR count). The Morgan fingerprint density at radius 1 is 1.32 bits per heavy atom. The van der Waals surface area contributed by atoms with Crippen molar-refractivity contribution in [2.45, 2.75) is 30.1 Å². The molecule has 102 valence electrons. The molecule has 0 saturated heterocycles. The molecular formula is C15H20N2S2. The Morgan fingerprint density at radius 2 is 2.11 bits per heavy atom. The molecule has 2 nitrogen and oxygen atoms in total. The number of rotatable bonds is 7. The molecule has 1 N–H and O–H groups in total. The minimum Gasteiger partial charge on any atom is -0.312 e. The number of nitrogens with one attached hydrogen (secondary N) is 1. The maximum Gasteiger partial charge on any atom is 0.149 e. The van der Waals surface area contributed by atoms with Crippen molar-refractivity contribution in [2.75, 3.05) is 12.8 Å². The molecule has 0 saturated carbocycles. The van der Waals surface area contributed by atoms with Crippen LogP contribution in [0.1, 0.15) is 30.5 Å². The molecular weight excluding hydrogens is 272 g/mol. The molecule has 0 bridgehead atoms. The van der Waals surface area contributed by atoms with Crippen molar-refractivity contribution >= 4 is 23.1 Å². The molecule has 1 aromatic heterocycles. The summed E-state index contributed by atoms with van der Waals surface area (Å²) < 4.78 is 1.14. The lowest BCUT2D eigenvalue weighted by Gasteiger charge is -2.16. The first-order chi connectivity index (χ1) is 9.33. The van der Waals surface area contributed by atoms with Gasteiger partial charge in [0.1, 0.15) is 4.34 Å². The number of benzene rings is 1. The van der Waals surface area contributed by atoms with Crippen molar-refractivity contribution in [1.82, 2.24) is 10.3 Å². The summed E-state index contributed by atoms with van der Waals surface area (Å²) in [5.74, 6) is 1.01. The van der Waals surface area contributed by atoms with Crippen LogP contribution in [0.4, 0.5) is 0 Å². The summed E-state index contributed by atoms with van der Waals surface area (Å²) in [6.07, 6.45) is 4.23. The average Bonchev–Trinajstić information content (AvgIpc) is 2.95. The average molecular weight is 292 g/mol. The first kappa shape index (κ1) is 14.6. The van der Waals surface area contributed by atoms with E-state index in [1.807, 2.05) is 30.4 Å². The molecule has 0 aliphatic heterocycles. The quantitative estimate of drug-likeness (QED) is 0.776. The second kappa shape index (κ2) is 7.68. The molecule has 0 aliphatic rings. The highest BCUT2D eigenvalue weighted by atomic mass is 32.2. The van der Waals surface area contributed by atoms with E-state index < -0.39 is 0 Å². The minimum absolute atomic E-state index is 0.379. The lowest BCUT2D eigenvalue weighted by Crippen LogP contribution is -2.18. The third-order valence-electron chi connectivity index (χ3n) is 3.05. The Balaban J connectivity index is 1.96. The number of hydrogen-bond acceptors (Lipinski definition) is 4. The maximum absolute atomic E-state index is 4.31. The Morgan fingerprint density at radius 3 is 2.68 bits per heavy atom. The Kier molecular flexibility index (Phi) is 5.89. The molecule has 0 spiro atoms. The van der Waals surface area contributed by atoms with Gasteiger partial charge in [-0.15, -0.1) is 11.3 Å². The van der Waals surface area contributed by atoms with Crippen molar-refractivity contribution in [3.05, 3.63) is 47.0 Å². The normalized spacial score (nSPS) is 12.5. The molecule has 0 aliphatic carbocycles. The van der Waals surface area contributed by atoms with Crippen molar-refractivity contribution < 1.29 is 0 Å². The summed E-state index contributed by atoms with van der Waals surface area (Å²) in [5, 5.41) is 5.41. The summed E-state index contributed by atoms with van der Waals surface area (Å²) in [6.45, 7) is 2.22. The van der Waals surface area contributed by atoms with Gasteiger partial charge in [0, 0.05) is 23.4 Å². The Bertz CT molecular complexity index is 465. The zero-order valence-corrected chi connectivity index (χ0v) is 13.1. The molecule has 1 atom stereocenters. The van der Waals surface area contributed by atoms with E-state index in [0.717, 1.165) is 10.1 Å². The monoisotopic (exact) mass is 292 g/mol. The fourth-order valence-corrected chi connectivity index (χ4v) is 3.79. The van der Waals surface area contributed by atoms with Gasteiger partial charge in [0.25, 0.3) is 0 Å². The fraction of sp³-hybridized carbons (Fsp3) is 0.400. The SMILES string of the molecule is CCCc1ccc(C(CSc2nccs2)NC)cc1. The number of thiazole rings is 1. The van der Waals surface area contributed by atoms with Crippen LogP contribution in [0.5, 0.6) is 0 Å². The van der Waals surface area contributed by atoms with Crippen molar-refractivity contribution in [1.29, 1.82) is 0 Å². The number of aromatic nitrogens is 1. The number of hydrogen-bond donors (Lipinski definition) is 1. The zero-order valence-electron chi connectivity index (χ0n) is 11.4. The number of aryl methyl sites for hydroxylation is 1. The highest BCUT2D eigenvalue weighted by Gasteiger charge is 2.10. The van der Waals surface area contributed by atoms with Gasteiger partial charge in [0.05, 0.1) is 0 Å². The Labute approximate surface area is 123 Å². The third-order valence-corrected chi connectivity index (χ3v) is 5.11. The molecule has 2 aromatic rings. The number of thioether (sulfide) groups is 1. The van der Waals surface area contributed by atoms with Gasteiger partial charge in [0.15, 0.2) is 0 Å². The molecule has 0 radical (unpaired) electrons. The van der Waals surface area contributed by atoms with Crippen LogP contribution >= 0.6 is 23.1 Å². The van der Waals surface area contributed by atoms with Gasteiger partial charge in [-0.1, -0.05) is 49.4 Å². The molecule has 1 aromatic carbocycles. The highest BCUT2D eigenvalue weighted by Crippen LogP contribution is 2.26. The maximum atomic E-state index is 4.31. The second-order valence-corrected chi connectivity index (χ2v) is 6.60. The van der Waals surface area contributed by atoms with Crippen molar-refractivity contribution in [3.63, 3.8) is 0 Å². The first-order valence-electron chi connectivity index (χ1n) is 6.62. The van der Waals surface area contributed by atoms with Crippen LogP contribution < -0.4 is 5.32 Å². The number of nitrogens with zero attached hydrogens (tertiary/aromatic N) is 1. The van der Waals surface area contributed by atoms with Gasteiger partial charge in [-0.25, -0.2) is 4.98 Å². The molecule has 0 fully saturated rings. The largest absolute Gasteiger partial charge is 0.312 e. The Hall–Kier alpha value is -0.840. The van der Waals surface area contributed by atoms with E-state index in [1.54, 1.807) is 11.3 Å². The smallest absolute Gasteiger partial charge is 0.149 e. The summed E-state index contributed by atoms with van der Waals surface area (Å²) in [5.41, 5.74) is 2.78. The zero-order chi connectivity index (χ0) is 13.5. The molecule has 1 heterocycles. The van der Waals surface area contributed by atoms with Gasteiger partial charge in [-0.3, -0.25) is 0 Å². The predicted octanol–water partition coefficient (Wildman–Crippen LogP) is 4.15. The van der Waals surface area contributed by atoms with E-state index in [-0.39, 0.29) is 0 Å². The van der Waals surface area contributed by atoms with Crippen LogP contribution in [0.3, 0.4) is 0 Å². The summed E-state index contributed by atoms with van der Waals surface area (Å²) in [4.78, 5) is 4.31. The molecule has 1 unspecified atom stereocenters. The fourth-order valence-electron chi connectivity index (χ4n) is 1.99. The summed E-state index contributed by atoms with van der Waals surface area (Å²) >= 11 is 3.52. The summed E-state index contributed by atoms with van der Waals surface area (Å²) in [6, 6.07) is 9.36. The first-order valence-corrected chi connectivity index (χ1v) is 8.48. The lowest BCUT2D eigenvalue weighted by atomic mass is 10.0. The van der Waals surface area contributed by atoms with Crippen LogP contribution in [-0.4, -0.2) is 17.8 Å². The summed E-state index contributed by atoms with van der Waals surface area (Å²) in [7, 11) is 2.02. The van der Waals surface area contributed by atoms with Gasteiger partial charge in [0.2, 0.25) is 0 Å². The van der Waals surface area contributed by atoms with Crippen LogP contribution in [0, 0.1) is 0 Å². The second-order valence-electron chi connectivity index (χ2n) is 4.44. The molecule has 19 heavy (non-hydrogen) atoms. The predicted molar refractivity (Wildman–Crippen MR) is 85.1 cm³/mol. The van der Waals surface area contributed by atoms with Crippen LogP contribution in [-0.2, 0) is 6.42 Å². The van der Waals surface area contributed by atoms with Crippen LogP contribution in [0.25, 0.3) is 0 Å². The van der Waals surface area contributed by atoms with Gasteiger partial charge in [-0.05, 0) is 24.6 Å². The lowest BCUT2D eigenvalue weighted by molar-refractivity contribution is 0.661.